The Kier molecular flexibility index (Phi) is 2.82. The molecule has 0 aliphatic heterocycles. The second kappa shape index (κ2) is 4.09. The first kappa shape index (κ1) is 9.65. The minimum Gasteiger partial charge on any atom is -0.328 e. The molecule has 0 bridgehead atoms. The number of aryl methyl sites for hydroxylation is 1. The summed E-state index contributed by atoms with van der Waals surface area (Å²) in [4.78, 5) is 0. The van der Waals surface area contributed by atoms with Gasteiger partial charge in [-0.05, 0) is 32.6 Å². The van der Waals surface area contributed by atoms with Crippen molar-refractivity contribution in [2.45, 2.75) is 51.1 Å². The third-order valence-corrected chi connectivity index (χ3v) is 2.65. The van der Waals surface area contributed by atoms with Gasteiger partial charge in [0.2, 0.25) is 0 Å². The predicted molar refractivity (Wildman–Crippen MR) is 54.9 cm³/mol. The van der Waals surface area contributed by atoms with Gasteiger partial charge in [-0.25, -0.2) is 0 Å². The summed E-state index contributed by atoms with van der Waals surface area (Å²) in [6, 6.07) is 0.989. The molecule has 1 aromatic heterocycles. The van der Waals surface area contributed by atoms with E-state index in [1.807, 2.05) is 13.3 Å². The maximum atomic E-state index is 5.70. The molecular formula is C10H18N4. The van der Waals surface area contributed by atoms with Crippen LogP contribution in [0.2, 0.25) is 0 Å². The Morgan fingerprint density at radius 1 is 1.64 bits per heavy atom. The van der Waals surface area contributed by atoms with Gasteiger partial charge in [0.1, 0.15) is 12.2 Å². The summed E-state index contributed by atoms with van der Waals surface area (Å²) in [7, 11) is 0. The van der Waals surface area contributed by atoms with E-state index in [0.717, 1.165) is 25.1 Å². The summed E-state index contributed by atoms with van der Waals surface area (Å²) < 4.78 is 2.22. The van der Waals surface area contributed by atoms with Crippen molar-refractivity contribution in [3.05, 3.63) is 12.2 Å². The fraction of sp³-hybridized carbons (Fsp3) is 0.800. The first-order valence-corrected chi connectivity index (χ1v) is 5.41. The number of hydrogen-bond donors (Lipinski definition) is 1. The SMILES string of the molecule is CC(N)CCCc1nncn1C1CC1. The third-order valence-electron chi connectivity index (χ3n) is 2.65. The lowest BCUT2D eigenvalue weighted by atomic mass is 10.1. The average Bonchev–Trinajstić information content (AvgIpc) is 2.87. The van der Waals surface area contributed by atoms with Gasteiger partial charge in [-0.1, -0.05) is 0 Å². The second-order valence-electron chi connectivity index (χ2n) is 4.26. The molecule has 4 nitrogen and oxygen atoms in total. The minimum atomic E-state index is 0.298. The number of aromatic nitrogens is 3. The van der Waals surface area contributed by atoms with E-state index in [1.165, 1.54) is 12.8 Å². The van der Waals surface area contributed by atoms with Gasteiger partial charge in [-0.15, -0.1) is 10.2 Å². The zero-order valence-electron chi connectivity index (χ0n) is 8.69. The van der Waals surface area contributed by atoms with Crippen LogP contribution < -0.4 is 5.73 Å². The lowest BCUT2D eigenvalue weighted by molar-refractivity contribution is 0.590. The molecule has 1 fully saturated rings. The molecule has 1 aliphatic carbocycles. The maximum Gasteiger partial charge on any atom is 0.133 e. The molecule has 1 aromatic rings. The third kappa shape index (κ3) is 2.32. The van der Waals surface area contributed by atoms with Crippen molar-refractivity contribution < 1.29 is 0 Å². The molecule has 0 radical (unpaired) electrons. The van der Waals surface area contributed by atoms with Gasteiger partial charge >= 0.3 is 0 Å². The molecule has 0 aromatic carbocycles. The van der Waals surface area contributed by atoms with E-state index in [2.05, 4.69) is 14.8 Å². The molecule has 2 rings (SSSR count). The van der Waals surface area contributed by atoms with E-state index in [4.69, 9.17) is 5.73 Å². The molecule has 14 heavy (non-hydrogen) atoms. The van der Waals surface area contributed by atoms with E-state index in [-0.39, 0.29) is 0 Å². The monoisotopic (exact) mass is 194 g/mol. The Balaban J connectivity index is 1.85. The van der Waals surface area contributed by atoms with Gasteiger partial charge in [-0.3, -0.25) is 0 Å². The summed E-state index contributed by atoms with van der Waals surface area (Å²) >= 11 is 0. The fourth-order valence-corrected chi connectivity index (χ4v) is 1.69. The highest BCUT2D eigenvalue weighted by atomic mass is 15.3. The van der Waals surface area contributed by atoms with Crippen LogP contribution in [0.15, 0.2) is 6.33 Å². The number of nitrogens with zero attached hydrogens (tertiary/aromatic N) is 3. The normalized spacial score (nSPS) is 18.4. The van der Waals surface area contributed by atoms with Crippen molar-refractivity contribution in [2.24, 2.45) is 5.73 Å². The summed E-state index contributed by atoms with van der Waals surface area (Å²) in [5, 5.41) is 8.11. The highest BCUT2D eigenvalue weighted by molar-refractivity contribution is 4.94. The van der Waals surface area contributed by atoms with Gasteiger partial charge in [-0.2, -0.15) is 0 Å². The Hall–Kier alpha value is -0.900. The largest absolute Gasteiger partial charge is 0.328 e. The number of hydrogen-bond acceptors (Lipinski definition) is 3. The second-order valence-corrected chi connectivity index (χ2v) is 4.26. The smallest absolute Gasteiger partial charge is 0.133 e. The molecule has 78 valence electrons. The van der Waals surface area contributed by atoms with Crippen LogP contribution in [-0.4, -0.2) is 20.8 Å². The molecule has 0 spiro atoms. The summed E-state index contributed by atoms with van der Waals surface area (Å²) in [6.07, 6.45) is 7.63. The van der Waals surface area contributed by atoms with Crippen molar-refractivity contribution in [2.75, 3.05) is 0 Å². The van der Waals surface area contributed by atoms with Gasteiger partial charge < -0.3 is 10.3 Å². The highest BCUT2D eigenvalue weighted by Crippen LogP contribution is 2.35. The number of rotatable bonds is 5. The van der Waals surface area contributed by atoms with E-state index in [0.29, 0.717) is 12.1 Å². The number of nitrogens with two attached hydrogens (primary N) is 1. The van der Waals surface area contributed by atoms with Crippen molar-refractivity contribution in [1.29, 1.82) is 0 Å². The Labute approximate surface area is 84.5 Å². The van der Waals surface area contributed by atoms with Crippen LogP contribution in [0.1, 0.15) is 44.5 Å². The van der Waals surface area contributed by atoms with E-state index < -0.39 is 0 Å². The molecule has 2 N–H and O–H groups in total. The van der Waals surface area contributed by atoms with Crippen LogP contribution in [-0.2, 0) is 6.42 Å². The quantitative estimate of drug-likeness (QED) is 0.768. The van der Waals surface area contributed by atoms with Crippen LogP contribution in [0.5, 0.6) is 0 Å². The summed E-state index contributed by atoms with van der Waals surface area (Å²) in [5.41, 5.74) is 5.70. The maximum absolute atomic E-state index is 5.70. The van der Waals surface area contributed by atoms with Crippen LogP contribution in [0.4, 0.5) is 0 Å². The van der Waals surface area contributed by atoms with Crippen LogP contribution in [0.25, 0.3) is 0 Å². The van der Waals surface area contributed by atoms with Crippen molar-refractivity contribution in [3.63, 3.8) is 0 Å². The molecule has 4 heteroatoms. The molecule has 1 atom stereocenters. The first-order chi connectivity index (χ1) is 6.77. The molecule has 1 aliphatic rings. The molecular weight excluding hydrogens is 176 g/mol. The van der Waals surface area contributed by atoms with E-state index >= 15 is 0 Å². The molecule has 1 saturated carbocycles. The van der Waals surface area contributed by atoms with Gasteiger partial charge in [0, 0.05) is 18.5 Å². The summed E-state index contributed by atoms with van der Waals surface area (Å²) in [6.45, 7) is 2.05. The highest BCUT2D eigenvalue weighted by Gasteiger charge is 2.25. The van der Waals surface area contributed by atoms with E-state index in [1.54, 1.807) is 0 Å². The van der Waals surface area contributed by atoms with Gasteiger partial charge in [0.15, 0.2) is 0 Å². The Morgan fingerprint density at radius 3 is 3.07 bits per heavy atom. The zero-order chi connectivity index (χ0) is 9.97. The standard InChI is InChI=1S/C10H18N4/c1-8(11)3-2-4-10-13-12-7-14(10)9-5-6-9/h7-9H,2-6,11H2,1H3. The fourth-order valence-electron chi connectivity index (χ4n) is 1.69. The van der Waals surface area contributed by atoms with Crippen molar-refractivity contribution >= 4 is 0 Å². The first-order valence-electron chi connectivity index (χ1n) is 5.41. The molecule has 0 saturated heterocycles. The summed E-state index contributed by atoms with van der Waals surface area (Å²) in [5.74, 6) is 1.13. The van der Waals surface area contributed by atoms with Crippen LogP contribution in [0, 0.1) is 0 Å². The molecule has 0 amide bonds. The van der Waals surface area contributed by atoms with E-state index in [9.17, 15) is 0 Å². The van der Waals surface area contributed by atoms with Gasteiger partial charge in [0.05, 0.1) is 0 Å². The van der Waals surface area contributed by atoms with Crippen molar-refractivity contribution in [1.82, 2.24) is 14.8 Å². The topological polar surface area (TPSA) is 56.7 Å². The van der Waals surface area contributed by atoms with Crippen LogP contribution >= 0.6 is 0 Å². The average molecular weight is 194 g/mol. The van der Waals surface area contributed by atoms with Crippen molar-refractivity contribution in [3.8, 4) is 0 Å². The predicted octanol–water partition coefficient (Wildman–Crippen LogP) is 1.28. The van der Waals surface area contributed by atoms with Gasteiger partial charge in [0.25, 0.3) is 0 Å². The molecule has 1 heterocycles. The minimum absolute atomic E-state index is 0.298. The lowest BCUT2D eigenvalue weighted by Crippen LogP contribution is -2.15. The Bertz CT molecular complexity index is 288. The lowest BCUT2D eigenvalue weighted by Gasteiger charge is -2.05. The Morgan fingerprint density at radius 2 is 2.43 bits per heavy atom. The zero-order valence-corrected chi connectivity index (χ0v) is 8.69. The molecule has 1 unspecified atom stereocenters. The van der Waals surface area contributed by atoms with Crippen LogP contribution in [0.3, 0.4) is 0 Å².